The summed E-state index contributed by atoms with van der Waals surface area (Å²) >= 11 is 0. The lowest BCUT2D eigenvalue weighted by Crippen LogP contribution is -2.14. The van der Waals surface area contributed by atoms with E-state index in [1.807, 2.05) is 6.07 Å². The summed E-state index contributed by atoms with van der Waals surface area (Å²) in [5, 5.41) is 14.1. The van der Waals surface area contributed by atoms with Crippen LogP contribution in [-0.2, 0) is 16.6 Å². The van der Waals surface area contributed by atoms with Crippen LogP contribution in [0.5, 0.6) is 11.5 Å². The standard InChI is InChI=1S/C17H16N6O4S/c1-26-14-5-11-12(6-15(14)27-2)19-8-13-17(11)23(22-21-13)9-10-3-4-16(20-7-10)28(18,24)25/h3-8H,9H2,1-2H3,(H2,18,24,25). The van der Waals surface area contributed by atoms with Crippen molar-refractivity contribution >= 4 is 32.0 Å². The molecular weight excluding hydrogens is 384 g/mol. The van der Waals surface area contributed by atoms with Crippen molar-refractivity contribution in [3.63, 3.8) is 0 Å². The zero-order valence-corrected chi connectivity index (χ0v) is 15.8. The predicted octanol–water partition coefficient (Wildman–Crippen LogP) is 1.09. The molecule has 0 spiro atoms. The third-order valence-electron chi connectivity index (χ3n) is 4.27. The molecule has 1 aromatic carbocycles. The summed E-state index contributed by atoms with van der Waals surface area (Å²) in [7, 11) is -0.717. The van der Waals surface area contributed by atoms with Crippen molar-refractivity contribution in [2.24, 2.45) is 5.14 Å². The Bertz CT molecular complexity index is 1280. The highest BCUT2D eigenvalue weighted by atomic mass is 32.2. The summed E-state index contributed by atoms with van der Waals surface area (Å²) in [6.45, 7) is 0.335. The minimum Gasteiger partial charge on any atom is -0.493 e. The van der Waals surface area contributed by atoms with E-state index in [0.717, 1.165) is 16.5 Å². The molecule has 11 heteroatoms. The topological polar surface area (TPSA) is 135 Å². The molecule has 0 aliphatic rings. The minimum atomic E-state index is -3.84. The van der Waals surface area contributed by atoms with Gasteiger partial charge in [0.25, 0.3) is 10.0 Å². The van der Waals surface area contributed by atoms with E-state index in [1.54, 1.807) is 37.2 Å². The largest absolute Gasteiger partial charge is 0.493 e. The molecule has 3 aromatic heterocycles. The Labute approximate surface area is 160 Å². The molecule has 4 rings (SSSR count). The van der Waals surface area contributed by atoms with Crippen LogP contribution >= 0.6 is 0 Å². The van der Waals surface area contributed by atoms with Crippen LogP contribution in [0.2, 0.25) is 0 Å². The number of ether oxygens (including phenoxy) is 2. The van der Waals surface area contributed by atoms with E-state index in [-0.39, 0.29) is 5.03 Å². The van der Waals surface area contributed by atoms with Gasteiger partial charge in [0.05, 0.1) is 32.5 Å². The number of sulfonamides is 1. The van der Waals surface area contributed by atoms with E-state index in [9.17, 15) is 8.42 Å². The molecule has 0 amide bonds. The van der Waals surface area contributed by atoms with Crippen molar-refractivity contribution in [1.82, 2.24) is 25.0 Å². The number of benzene rings is 1. The van der Waals surface area contributed by atoms with E-state index in [4.69, 9.17) is 14.6 Å². The Morgan fingerprint density at radius 2 is 1.79 bits per heavy atom. The van der Waals surface area contributed by atoms with Crippen molar-refractivity contribution in [2.75, 3.05) is 14.2 Å². The molecule has 0 saturated carbocycles. The van der Waals surface area contributed by atoms with E-state index in [0.29, 0.717) is 29.1 Å². The Hall–Kier alpha value is -3.31. The lowest BCUT2D eigenvalue weighted by Gasteiger charge is -2.10. The number of methoxy groups -OCH3 is 2. The summed E-state index contributed by atoms with van der Waals surface area (Å²) in [5.41, 5.74) is 2.83. The molecule has 0 bridgehead atoms. The normalized spacial score (nSPS) is 11.8. The van der Waals surface area contributed by atoms with Crippen molar-refractivity contribution in [2.45, 2.75) is 11.6 Å². The number of pyridine rings is 2. The van der Waals surface area contributed by atoms with Crippen LogP contribution in [0, 0.1) is 0 Å². The molecule has 10 nitrogen and oxygen atoms in total. The summed E-state index contributed by atoms with van der Waals surface area (Å²) < 4.78 is 35.1. The third-order valence-corrected chi connectivity index (χ3v) is 5.09. The highest BCUT2D eigenvalue weighted by molar-refractivity contribution is 7.89. The van der Waals surface area contributed by atoms with E-state index < -0.39 is 10.0 Å². The maximum atomic E-state index is 11.4. The summed E-state index contributed by atoms with van der Waals surface area (Å²) in [6, 6.07) is 6.60. The molecule has 28 heavy (non-hydrogen) atoms. The van der Waals surface area contributed by atoms with Gasteiger partial charge in [0.1, 0.15) is 11.0 Å². The molecule has 4 aromatic rings. The fourth-order valence-corrected chi connectivity index (χ4v) is 3.40. The molecule has 144 valence electrons. The zero-order chi connectivity index (χ0) is 19.9. The van der Waals surface area contributed by atoms with Gasteiger partial charge in [-0.2, -0.15) is 0 Å². The van der Waals surface area contributed by atoms with Crippen molar-refractivity contribution in [3.8, 4) is 11.5 Å². The number of hydrogen-bond donors (Lipinski definition) is 1. The lowest BCUT2D eigenvalue weighted by atomic mass is 10.1. The van der Waals surface area contributed by atoms with Gasteiger partial charge >= 0.3 is 0 Å². The van der Waals surface area contributed by atoms with Gasteiger partial charge < -0.3 is 9.47 Å². The average molecular weight is 400 g/mol. The van der Waals surface area contributed by atoms with Crippen LogP contribution in [0.3, 0.4) is 0 Å². The first-order valence-corrected chi connectivity index (χ1v) is 9.67. The second-order valence-electron chi connectivity index (χ2n) is 6.01. The van der Waals surface area contributed by atoms with Gasteiger partial charge in [-0.05, 0) is 17.7 Å². The molecule has 2 N–H and O–H groups in total. The number of rotatable bonds is 5. The number of hydrogen-bond acceptors (Lipinski definition) is 8. The van der Waals surface area contributed by atoms with Crippen LogP contribution in [0.4, 0.5) is 0 Å². The van der Waals surface area contributed by atoms with Crippen LogP contribution in [0.25, 0.3) is 21.9 Å². The maximum absolute atomic E-state index is 11.4. The van der Waals surface area contributed by atoms with Gasteiger partial charge in [0.2, 0.25) is 0 Å². The Balaban J connectivity index is 1.82. The van der Waals surface area contributed by atoms with Crippen LogP contribution < -0.4 is 14.6 Å². The third kappa shape index (κ3) is 3.10. The molecular formula is C17H16N6O4S. The van der Waals surface area contributed by atoms with Gasteiger partial charge in [-0.25, -0.2) is 23.2 Å². The second kappa shape index (κ2) is 6.69. The summed E-state index contributed by atoms with van der Waals surface area (Å²) in [5.74, 6) is 1.14. The Morgan fingerprint density at radius 3 is 2.43 bits per heavy atom. The average Bonchev–Trinajstić information content (AvgIpc) is 3.09. The fraction of sp³-hybridized carbons (Fsp3) is 0.176. The van der Waals surface area contributed by atoms with Crippen LogP contribution in [-0.4, -0.2) is 47.6 Å². The van der Waals surface area contributed by atoms with Gasteiger partial charge in [-0.1, -0.05) is 11.3 Å². The number of fused-ring (bicyclic) bond motifs is 3. The van der Waals surface area contributed by atoms with E-state index in [2.05, 4.69) is 20.3 Å². The van der Waals surface area contributed by atoms with Gasteiger partial charge in [0, 0.05) is 17.6 Å². The number of aromatic nitrogens is 5. The number of nitrogens with zero attached hydrogens (tertiary/aromatic N) is 5. The maximum Gasteiger partial charge on any atom is 0.255 e. The minimum absolute atomic E-state index is 0.189. The van der Waals surface area contributed by atoms with Crippen molar-refractivity contribution < 1.29 is 17.9 Å². The molecule has 0 radical (unpaired) electrons. The molecule has 0 unspecified atom stereocenters. The Kier molecular flexibility index (Phi) is 4.32. The molecule has 0 aliphatic heterocycles. The first kappa shape index (κ1) is 18.1. The highest BCUT2D eigenvalue weighted by Gasteiger charge is 2.15. The Morgan fingerprint density at radius 1 is 1.04 bits per heavy atom. The molecule has 0 saturated heterocycles. The van der Waals surface area contributed by atoms with Gasteiger partial charge in [-0.15, -0.1) is 5.10 Å². The molecule has 0 fully saturated rings. The van der Waals surface area contributed by atoms with E-state index in [1.165, 1.54) is 12.3 Å². The van der Waals surface area contributed by atoms with Gasteiger partial charge in [-0.3, -0.25) is 4.98 Å². The van der Waals surface area contributed by atoms with Crippen molar-refractivity contribution in [3.05, 3.63) is 42.2 Å². The SMILES string of the molecule is COc1cc2ncc3nnn(Cc4ccc(S(N)(=O)=O)nc4)c3c2cc1OC. The molecule has 0 aliphatic carbocycles. The number of primary sulfonamides is 1. The van der Waals surface area contributed by atoms with Gasteiger partial charge in [0.15, 0.2) is 16.5 Å². The predicted molar refractivity (Wildman–Crippen MR) is 101 cm³/mol. The molecule has 0 atom stereocenters. The lowest BCUT2D eigenvalue weighted by molar-refractivity contribution is 0.356. The quantitative estimate of drug-likeness (QED) is 0.526. The zero-order valence-electron chi connectivity index (χ0n) is 15.0. The highest BCUT2D eigenvalue weighted by Crippen LogP contribution is 2.34. The first-order chi connectivity index (χ1) is 13.4. The number of nitrogens with two attached hydrogens (primary N) is 1. The van der Waals surface area contributed by atoms with Crippen molar-refractivity contribution in [1.29, 1.82) is 0 Å². The summed E-state index contributed by atoms with van der Waals surface area (Å²) in [4.78, 5) is 8.31. The first-order valence-electron chi connectivity index (χ1n) is 8.12. The van der Waals surface area contributed by atoms with E-state index >= 15 is 0 Å². The monoisotopic (exact) mass is 400 g/mol. The molecule has 3 heterocycles. The fourth-order valence-electron chi connectivity index (χ4n) is 2.94. The second-order valence-corrected chi connectivity index (χ2v) is 7.52. The summed E-state index contributed by atoms with van der Waals surface area (Å²) in [6.07, 6.45) is 3.08. The van der Waals surface area contributed by atoms with Crippen LogP contribution in [0.15, 0.2) is 41.7 Å². The smallest absolute Gasteiger partial charge is 0.255 e. The van der Waals surface area contributed by atoms with Crippen LogP contribution in [0.1, 0.15) is 5.56 Å².